The van der Waals surface area contributed by atoms with Crippen LogP contribution in [0.25, 0.3) is 0 Å². The van der Waals surface area contributed by atoms with E-state index in [4.69, 9.17) is 0 Å². The van der Waals surface area contributed by atoms with Crippen LogP contribution in [0.1, 0.15) is 31.0 Å². The fourth-order valence-electron chi connectivity index (χ4n) is 3.19. The van der Waals surface area contributed by atoms with Crippen LogP contribution in [-0.4, -0.2) is 38.0 Å². The molecule has 154 valence electrons. The fraction of sp³-hybridized carbons (Fsp3) is 0.318. The van der Waals surface area contributed by atoms with Gasteiger partial charge in [-0.3, -0.25) is 14.9 Å². The molecule has 7 nitrogen and oxygen atoms in total. The normalized spacial score (nSPS) is 12.5. The molecule has 2 aromatic carbocycles. The lowest BCUT2D eigenvalue weighted by Crippen LogP contribution is -3.11. The number of imide groups is 1. The van der Waals surface area contributed by atoms with E-state index < -0.39 is 18.0 Å². The molecule has 0 bridgehead atoms. The average molecular weight is 397 g/mol. The van der Waals surface area contributed by atoms with E-state index in [-0.39, 0.29) is 12.5 Å². The van der Waals surface area contributed by atoms with Crippen molar-refractivity contribution in [3.63, 3.8) is 0 Å². The first-order valence-electron chi connectivity index (χ1n) is 9.79. The Morgan fingerprint density at radius 3 is 2.28 bits per heavy atom. The van der Waals surface area contributed by atoms with Crippen molar-refractivity contribution >= 4 is 23.5 Å². The number of amides is 4. The van der Waals surface area contributed by atoms with Gasteiger partial charge in [0.1, 0.15) is 0 Å². The fourth-order valence-corrected chi connectivity index (χ4v) is 3.19. The van der Waals surface area contributed by atoms with E-state index in [1.807, 2.05) is 61.5 Å². The number of rotatable bonds is 8. The van der Waals surface area contributed by atoms with Gasteiger partial charge in [0, 0.05) is 17.8 Å². The number of urea groups is 1. The largest absolute Gasteiger partial charge is 0.338 e. The zero-order valence-electron chi connectivity index (χ0n) is 17.1. The molecule has 0 aromatic heterocycles. The van der Waals surface area contributed by atoms with E-state index in [0.717, 1.165) is 23.2 Å². The van der Waals surface area contributed by atoms with E-state index in [1.165, 1.54) is 0 Å². The van der Waals surface area contributed by atoms with Gasteiger partial charge in [0.25, 0.3) is 11.8 Å². The maximum Gasteiger partial charge on any atom is 0.321 e. The minimum atomic E-state index is -0.703. The number of aryl methyl sites for hydroxylation is 1. The standard InChI is InChI=1S/C22H28N4O3/c1-4-16-11-9-10-14-18(16)24-19(27)15-26(3)20(17-12-7-6-8-13-17)21(28)25-22(29)23-5-2/h6-14,20H,4-5,15H2,1-3H3,(H,24,27)(H2,23,25,28,29)/p+1/t20-/m0/s1. The Labute approximate surface area is 171 Å². The van der Waals surface area contributed by atoms with Gasteiger partial charge in [-0.1, -0.05) is 55.5 Å². The number of likely N-dealkylation sites (N-methyl/N-ethyl adjacent to an activating group) is 1. The Bertz CT molecular complexity index is 839. The van der Waals surface area contributed by atoms with Crippen molar-refractivity contribution in [2.45, 2.75) is 26.3 Å². The molecule has 2 aromatic rings. The third kappa shape index (κ3) is 6.43. The predicted molar refractivity (Wildman–Crippen MR) is 113 cm³/mol. The van der Waals surface area contributed by atoms with E-state index in [1.54, 1.807) is 14.0 Å². The van der Waals surface area contributed by atoms with E-state index in [2.05, 4.69) is 16.0 Å². The van der Waals surface area contributed by atoms with Crippen LogP contribution in [0.4, 0.5) is 10.5 Å². The van der Waals surface area contributed by atoms with E-state index in [0.29, 0.717) is 11.4 Å². The Kier molecular flexibility index (Phi) is 8.36. The predicted octanol–water partition coefficient (Wildman–Crippen LogP) is 1.29. The molecule has 29 heavy (non-hydrogen) atoms. The molecule has 2 rings (SSSR count). The van der Waals surface area contributed by atoms with Crippen LogP contribution >= 0.6 is 0 Å². The number of hydrogen-bond acceptors (Lipinski definition) is 3. The van der Waals surface area contributed by atoms with Crippen LogP contribution in [0, 0.1) is 0 Å². The van der Waals surface area contributed by atoms with Crippen molar-refractivity contribution in [3.8, 4) is 0 Å². The smallest absolute Gasteiger partial charge is 0.321 e. The molecule has 4 N–H and O–H groups in total. The number of benzene rings is 2. The monoisotopic (exact) mass is 397 g/mol. The molecular formula is C22H29N4O3+. The second-order valence-electron chi connectivity index (χ2n) is 6.77. The third-order valence-corrected chi connectivity index (χ3v) is 4.57. The minimum Gasteiger partial charge on any atom is -0.338 e. The topological polar surface area (TPSA) is 91.7 Å². The molecule has 2 atom stereocenters. The van der Waals surface area contributed by atoms with Crippen LogP contribution in [0.3, 0.4) is 0 Å². The van der Waals surface area contributed by atoms with Gasteiger partial charge in [-0.15, -0.1) is 0 Å². The highest BCUT2D eigenvalue weighted by Crippen LogP contribution is 2.15. The summed E-state index contributed by atoms with van der Waals surface area (Å²) in [5.74, 6) is -0.656. The van der Waals surface area contributed by atoms with Crippen molar-refractivity contribution in [3.05, 3.63) is 65.7 Å². The zero-order chi connectivity index (χ0) is 21.2. The van der Waals surface area contributed by atoms with Crippen molar-refractivity contribution in [2.24, 2.45) is 0 Å². The number of anilines is 1. The molecular weight excluding hydrogens is 368 g/mol. The molecule has 1 unspecified atom stereocenters. The van der Waals surface area contributed by atoms with Gasteiger partial charge in [-0.05, 0) is 25.0 Å². The number of hydrogen-bond donors (Lipinski definition) is 4. The first kappa shape index (κ1) is 22.1. The third-order valence-electron chi connectivity index (χ3n) is 4.57. The molecule has 7 heteroatoms. The maximum atomic E-state index is 12.8. The number of para-hydroxylation sites is 1. The molecule has 4 amide bonds. The summed E-state index contributed by atoms with van der Waals surface area (Å²) in [5.41, 5.74) is 2.55. The van der Waals surface area contributed by atoms with E-state index in [9.17, 15) is 14.4 Å². The maximum absolute atomic E-state index is 12.8. The number of carbonyl (C=O) groups is 3. The summed E-state index contributed by atoms with van der Waals surface area (Å²) >= 11 is 0. The quantitative estimate of drug-likeness (QED) is 0.541. The first-order chi connectivity index (χ1) is 14.0. The molecule has 0 aliphatic rings. The average Bonchev–Trinajstić information content (AvgIpc) is 2.69. The summed E-state index contributed by atoms with van der Waals surface area (Å²) in [6.07, 6.45) is 0.806. The first-order valence-corrected chi connectivity index (χ1v) is 9.79. The second-order valence-corrected chi connectivity index (χ2v) is 6.77. The van der Waals surface area contributed by atoms with Gasteiger partial charge < -0.3 is 15.5 Å². The summed E-state index contributed by atoms with van der Waals surface area (Å²) in [6, 6.07) is 15.5. The number of carbonyl (C=O) groups excluding carboxylic acids is 3. The van der Waals surface area contributed by atoms with Gasteiger partial charge in [0.2, 0.25) is 0 Å². The highest BCUT2D eigenvalue weighted by atomic mass is 16.2. The molecule has 0 aliphatic heterocycles. The summed E-state index contributed by atoms with van der Waals surface area (Å²) in [5, 5.41) is 7.84. The Hall–Kier alpha value is -3.19. The molecule has 0 fully saturated rings. The number of quaternary nitrogens is 1. The summed E-state index contributed by atoms with van der Waals surface area (Å²) in [4.78, 5) is 37.9. The van der Waals surface area contributed by atoms with Crippen molar-refractivity contribution in [1.82, 2.24) is 10.6 Å². The summed E-state index contributed by atoms with van der Waals surface area (Å²) in [7, 11) is 1.76. The van der Waals surface area contributed by atoms with Gasteiger partial charge >= 0.3 is 6.03 Å². The van der Waals surface area contributed by atoms with E-state index >= 15 is 0 Å². The van der Waals surface area contributed by atoms with Gasteiger partial charge in [0.15, 0.2) is 12.6 Å². The second kappa shape index (κ2) is 11.0. The lowest BCUT2D eigenvalue weighted by molar-refractivity contribution is -0.894. The van der Waals surface area contributed by atoms with Gasteiger partial charge in [-0.25, -0.2) is 4.79 Å². The Balaban J connectivity index is 2.14. The zero-order valence-corrected chi connectivity index (χ0v) is 17.1. The van der Waals surface area contributed by atoms with Crippen LogP contribution < -0.4 is 20.9 Å². The van der Waals surface area contributed by atoms with Crippen molar-refractivity contribution < 1.29 is 19.3 Å². The van der Waals surface area contributed by atoms with Gasteiger partial charge in [-0.2, -0.15) is 0 Å². The van der Waals surface area contributed by atoms with Gasteiger partial charge in [0.05, 0.1) is 7.05 Å². The van der Waals surface area contributed by atoms with Crippen LogP contribution in [-0.2, 0) is 16.0 Å². The SMILES string of the molecule is CCNC(=O)NC(=O)[C@H](c1ccccc1)[NH+](C)CC(=O)Nc1ccccc1CC. The van der Waals surface area contributed by atoms with Crippen LogP contribution in [0.2, 0.25) is 0 Å². The number of nitrogens with one attached hydrogen (secondary N) is 4. The summed E-state index contributed by atoms with van der Waals surface area (Å²) in [6.45, 7) is 4.28. The lowest BCUT2D eigenvalue weighted by Gasteiger charge is -2.24. The molecule has 0 saturated carbocycles. The van der Waals surface area contributed by atoms with Crippen LogP contribution in [0.5, 0.6) is 0 Å². The lowest BCUT2D eigenvalue weighted by atomic mass is 10.0. The molecule has 0 saturated heterocycles. The highest BCUT2D eigenvalue weighted by Gasteiger charge is 2.31. The summed E-state index contributed by atoms with van der Waals surface area (Å²) < 4.78 is 0. The van der Waals surface area contributed by atoms with Crippen molar-refractivity contribution in [2.75, 3.05) is 25.5 Å². The Morgan fingerprint density at radius 2 is 1.62 bits per heavy atom. The highest BCUT2D eigenvalue weighted by molar-refractivity contribution is 5.97. The van der Waals surface area contributed by atoms with Crippen LogP contribution in [0.15, 0.2) is 54.6 Å². The molecule has 0 heterocycles. The molecule has 0 aliphatic carbocycles. The van der Waals surface area contributed by atoms with Crippen molar-refractivity contribution in [1.29, 1.82) is 0 Å². The minimum absolute atomic E-state index is 0.0699. The molecule has 0 spiro atoms. The molecule has 0 radical (unpaired) electrons. The Morgan fingerprint density at radius 1 is 0.966 bits per heavy atom.